The van der Waals surface area contributed by atoms with Gasteiger partial charge in [-0.3, -0.25) is 28.9 Å². The predicted octanol–water partition coefficient (Wildman–Crippen LogP) is 7.62. The third-order valence-corrected chi connectivity index (χ3v) is 20.5. The largest absolute Gasteiger partial charge is 0.488 e. The molecule has 27 heteroatoms. The average molecular weight is 1370 g/mol. The van der Waals surface area contributed by atoms with E-state index in [0.717, 1.165) is 99.2 Å². The number of urea groups is 1. The van der Waals surface area contributed by atoms with E-state index in [2.05, 4.69) is 74.5 Å². The number of piperidine rings is 1. The molecule has 0 radical (unpaired) electrons. The van der Waals surface area contributed by atoms with E-state index in [9.17, 15) is 39.1 Å². The summed E-state index contributed by atoms with van der Waals surface area (Å²) < 4.78 is 31.3. The topological polar surface area (TPSA) is 361 Å². The van der Waals surface area contributed by atoms with Crippen LogP contribution in [-0.2, 0) is 35.3 Å². The number of nitrogens with one attached hydrogen (secondary N) is 4. The highest BCUT2D eigenvalue weighted by Crippen LogP contribution is 2.43. The Morgan fingerprint density at radius 2 is 1.57 bits per heavy atom. The number of nitrogen functional groups attached to an aromatic ring is 1. The minimum absolute atomic E-state index is 0.0131. The molecule has 4 aliphatic heterocycles. The molecular formula is C73H89N15O12. The number of ether oxygens (including phenoxy) is 4. The molecule has 6 atom stereocenters. The summed E-state index contributed by atoms with van der Waals surface area (Å²) in [5, 5.41) is 43.2. The van der Waals surface area contributed by atoms with Gasteiger partial charge >= 0.3 is 12.0 Å². The van der Waals surface area contributed by atoms with Crippen LogP contribution in [0.5, 0.6) is 17.5 Å². The summed E-state index contributed by atoms with van der Waals surface area (Å²) in [6.45, 7) is 11.0. The van der Waals surface area contributed by atoms with Crippen LogP contribution in [0.1, 0.15) is 139 Å². The highest BCUT2D eigenvalue weighted by molar-refractivity contribution is 6.05. The molecule has 3 aromatic heterocycles. The summed E-state index contributed by atoms with van der Waals surface area (Å²) in [4.78, 5) is 91.2. The van der Waals surface area contributed by atoms with Gasteiger partial charge in [0.05, 0.1) is 41.3 Å². The molecule has 27 nitrogen and oxygen atoms in total. The monoisotopic (exact) mass is 1370 g/mol. The zero-order valence-corrected chi connectivity index (χ0v) is 56.8. The van der Waals surface area contributed by atoms with Crippen LogP contribution in [0.4, 0.5) is 27.7 Å². The lowest BCUT2D eigenvalue weighted by molar-refractivity contribution is -0.162. The quantitative estimate of drug-likeness (QED) is 0.0175. The standard InChI is InChI=1S/C73H89N15O12/c1-44(2)65(69(91)87-30-7-11-59(87)68(90)79-45(3)48-17-13-46(40-74)14-18-48)62-39-64(84-100-62)96-34-33-85-31-24-53(25-32-85)98-54-36-55(37-54)99-63-35-50(23-29-77-63)88-51-21-22-52(88)42-86(41-51)60-38-58(82-83-66(60)75)56-9-4-5-12-61(56)97-43-47-15-19-49(20-16-47)80-67(89)57(10-6-28-78-72(76)95)81-70(92)73(71(93)94)26-8-27-73/h4-5,9,12-20,23,29,35,38-39,44-45,51-55,57,59,65H,6-8,10-11,21-22,24-28,30-34,36-37,41-43H2,1-3H3,(H2,75,83)(H,79,90)(H,80,89)(H,81,92)(H,93,94)(H3,76,78,95)/t45-,51?,52?,54?,55?,57-,59-,65+/m0/s1. The molecule has 2 aliphatic carbocycles. The summed E-state index contributed by atoms with van der Waals surface area (Å²) in [5.41, 5.74) is 16.2. The second kappa shape index (κ2) is 31.4. The zero-order chi connectivity index (χ0) is 70.0. The molecule has 2 bridgehead atoms. The fraction of sp³-hybridized carbons (Fsp3) is 0.493. The fourth-order valence-electron chi connectivity index (χ4n) is 14.6. The number of carbonyl (C=O) groups is 6. The molecule has 4 saturated heterocycles. The molecule has 9 N–H and O–H groups in total. The maximum atomic E-state index is 14.2. The second-order valence-corrected chi connectivity index (χ2v) is 27.5. The van der Waals surface area contributed by atoms with E-state index in [1.807, 2.05) is 81.6 Å². The van der Waals surface area contributed by atoms with Gasteiger partial charge in [-0.05, 0) is 142 Å². The lowest BCUT2D eigenvalue weighted by Crippen LogP contribution is -2.55. The van der Waals surface area contributed by atoms with Crippen molar-refractivity contribution in [2.45, 2.75) is 165 Å². The van der Waals surface area contributed by atoms with E-state index in [1.165, 1.54) is 0 Å². The number of fused-ring (bicyclic) bond motifs is 2. The van der Waals surface area contributed by atoms with E-state index in [1.54, 1.807) is 35.2 Å². The molecule has 3 aromatic carbocycles. The van der Waals surface area contributed by atoms with Gasteiger partial charge in [-0.1, -0.05) is 56.7 Å². The van der Waals surface area contributed by atoms with Gasteiger partial charge in [0, 0.05) is 106 Å². The number of aliphatic carboxylic acids is 1. The molecule has 6 aliphatic rings. The third kappa shape index (κ3) is 16.3. The van der Waals surface area contributed by atoms with Gasteiger partial charge in [-0.2, -0.15) is 5.26 Å². The predicted molar refractivity (Wildman–Crippen MR) is 370 cm³/mol. The third-order valence-electron chi connectivity index (χ3n) is 20.5. The molecule has 0 spiro atoms. The Hall–Kier alpha value is -10.1. The molecule has 100 heavy (non-hydrogen) atoms. The van der Waals surface area contributed by atoms with Crippen molar-refractivity contribution in [3.63, 3.8) is 0 Å². The number of nitrogens with zero attached hydrogens (tertiary/aromatic N) is 9. The molecule has 7 heterocycles. The van der Waals surface area contributed by atoms with Crippen molar-refractivity contribution in [2.24, 2.45) is 17.1 Å². The van der Waals surface area contributed by atoms with Crippen molar-refractivity contribution in [1.29, 1.82) is 5.26 Å². The van der Waals surface area contributed by atoms with Gasteiger partial charge in [-0.25, -0.2) is 9.78 Å². The van der Waals surface area contributed by atoms with E-state index in [-0.39, 0.29) is 86.6 Å². The van der Waals surface area contributed by atoms with Gasteiger partial charge in [-0.15, -0.1) is 10.2 Å². The Morgan fingerprint density at radius 1 is 0.820 bits per heavy atom. The number of aromatic nitrogens is 4. The number of benzene rings is 3. The number of carboxylic acids is 1. The second-order valence-electron chi connectivity index (χ2n) is 27.5. The minimum Gasteiger partial charge on any atom is -0.488 e. The van der Waals surface area contributed by atoms with E-state index in [4.69, 9.17) is 34.9 Å². The molecule has 2 saturated carbocycles. The van der Waals surface area contributed by atoms with Gasteiger partial charge in [0.1, 0.15) is 48.5 Å². The van der Waals surface area contributed by atoms with Crippen LogP contribution in [0.2, 0.25) is 0 Å². The van der Waals surface area contributed by atoms with Crippen LogP contribution < -0.4 is 56.7 Å². The van der Waals surface area contributed by atoms with E-state index in [0.29, 0.717) is 85.0 Å². The lowest BCUT2D eigenvalue weighted by Gasteiger charge is -2.43. The number of piperazine rings is 1. The maximum Gasteiger partial charge on any atom is 0.319 e. The van der Waals surface area contributed by atoms with Crippen molar-refractivity contribution in [3.8, 4) is 34.8 Å². The zero-order valence-electron chi connectivity index (χ0n) is 56.8. The first-order valence-corrected chi connectivity index (χ1v) is 35.0. The van der Waals surface area contributed by atoms with E-state index < -0.39 is 47.2 Å². The highest BCUT2D eigenvalue weighted by Gasteiger charge is 2.52. The SMILES string of the molecule is CC(C)[C@@H](C(=O)N1CCC[C@H]1C(=O)N[C@@H](C)c1ccc(C#N)cc1)c1cc(OCCN2CCC(OC3CC(Oc4cc(N5C6CCC5CN(c5cc(-c7ccccc7OCc7ccc(NC(=O)[C@H](CCCNC(N)=O)NC(=O)C8(C(=O)O)CCC8)cc7)nnc5N)C6)ccn4)C3)CC2)no1. The molecule has 6 aromatic rings. The molecule has 6 fully saturated rings. The smallest absolute Gasteiger partial charge is 0.319 e. The molecule has 6 amide bonds. The number of nitriles is 1. The summed E-state index contributed by atoms with van der Waals surface area (Å²) in [7, 11) is 0. The number of carboxylic acid groups (broad SMARTS) is 1. The number of primary amides is 1. The summed E-state index contributed by atoms with van der Waals surface area (Å²) in [6, 6.07) is 29.5. The number of anilines is 4. The number of hydrogen-bond acceptors (Lipinski definition) is 20. The highest BCUT2D eigenvalue weighted by atomic mass is 16.5. The Balaban J connectivity index is 0.567. The number of likely N-dealkylation sites (tertiary alicyclic amines) is 2. The van der Waals surface area contributed by atoms with Crippen molar-refractivity contribution in [3.05, 3.63) is 126 Å². The van der Waals surface area contributed by atoms with Crippen molar-refractivity contribution in [2.75, 3.05) is 73.3 Å². The number of rotatable bonds is 29. The van der Waals surface area contributed by atoms with Crippen LogP contribution in [0.15, 0.2) is 108 Å². The Bertz CT molecular complexity index is 3910. The van der Waals surface area contributed by atoms with Gasteiger partial charge in [0.25, 0.3) is 5.88 Å². The summed E-state index contributed by atoms with van der Waals surface area (Å²) >= 11 is 0. The molecule has 12 rings (SSSR count). The van der Waals surface area contributed by atoms with Crippen molar-refractivity contribution in [1.82, 2.24) is 46.1 Å². The van der Waals surface area contributed by atoms with Gasteiger partial charge in [0.2, 0.25) is 29.5 Å². The van der Waals surface area contributed by atoms with Crippen LogP contribution in [0, 0.1) is 22.7 Å². The van der Waals surface area contributed by atoms with Crippen LogP contribution in [0.25, 0.3) is 11.3 Å². The molecular weight excluding hydrogens is 1280 g/mol. The molecule has 528 valence electrons. The lowest BCUT2D eigenvalue weighted by atomic mass is 9.68. The number of amides is 6. The first-order valence-electron chi connectivity index (χ1n) is 35.0. The first-order chi connectivity index (χ1) is 48.4. The Morgan fingerprint density at radius 3 is 2.27 bits per heavy atom. The van der Waals surface area contributed by atoms with Crippen LogP contribution in [-0.4, -0.2) is 166 Å². The summed E-state index contributed by atoms with van der Waals surface area (Å²) in [5.74, 6) is -1.32. The number of nitrogens with two attached hydrogens (primary N) is 2. The Kier molecular flexibility index (Phi) is 21.9. The van der Waals surface area contributed by atoms with Crippen LogP contribution in [0.3, 0.4) is 0 Å². The van der Waals surface area contributed by atoms with Gasteiger partial charge in [0.15, 0.2) is 11.6 Å². The number of carbonyl (C=O) groups excluding carboxylic acids is 5. The number of para-hydroxylation sites is 1. The number of pyridine rings is 1. The first kappa shape index (κ1) is 69.8. The number of hydrogen-bond donors (Lipinski definition) is 7. The van der Waals surface area contributed by atoms with Crippen LogP contribution >= 0.6 is 0 Å². The molecule has 2 unspecified atom stereocenters. The maximum absolute atomic E-state index is 14.2. The van der Waals surface area contributed by atoms with Crippen molar-refractivity contribution >= 4 is 58.5 Å². The Labute approximate surface area is 580 Å². The average Bonchev–Trinajstić information content (AvgIpc) is 1.29. The van der Waals surface area contributed by atoms with Gasteiger partial charge < -0.3 is 76.0 Å². The fourth-order valence-corrected chi connectivity index (χ4v) is 14.6. The summed E-state index contributed by atoms with van der Waals surface area (Å²) in [6.07, 6.45) is 10.3. The normalized spacial score (nSPS) is 21.1. The van der Waals surface area contributed by atoms with E-state index >= 15 is 0 Å². The van der Waals surface area contributed by atoms with Crippen molar-refractivity contribution < 1.29 is 57.3 Å². The minimum atomic E-state index is -1.57.